The lowest BCUT2D eigenvalue weighted by Crippen LogP contribution is -2.23. The van der Waals surface area contributed by atoms with Crippen molar-refractivity contribution in [3.63, 3.8) is 0 Å². The van der Waals surface area contributed by atoms with E-state index in [1.807, 2.05) is 24.3 Å². The Morgan fingerprint density at radius 1 is 1.25 bits per heavy atom. The summed E-state index contributed by atoms with van der Waals surface area (Å²) in [4.78, 5) is 0. The predicted molar refractivity (Wildman–Crippen MR) is 66.2 cm³/mol. The van der Waals surface area contributed by atoms with E-state index >= 15 is 0 Å². The van der Waals surface area contributed by atoms with E-state index in [0.717, 1.165) is 35.9 Å². The molecule has 1 aliphatic rings. The molecule has 16 heavy (non-hydrogen) atoms. The zero-order valence-corrected chi connectivity index (χ0v) is 10.7. The van der Waals surface area contributed by atoms with Crippen LogP contribution in [0.4, 0.5) is 0 Å². The molecule has 0 atom stereocenters. The molecule has 1 aromatic rings. The highest BCUT2D eigenvalue weighted by atomic mass is 79.9. The molecule has 0 unspecified atom stereocenters. The quantitative estimate of drug-likeness (QED) is 0.840. The minimum absolute atomic E-state index is 0.243. The van der Waals surface area contributed by atoms with Gasteiger partial charge in [-0.3, -0.25) is 0 Å². The molecule has 1 aliphatic carbocycles. The summed E-state index contributed by atoms with van der Waals surface area (Å²) in [6.45, 7) is 0.519. The van der Waals surface area contributed by atoms with Crippen molar-refractivity contribution in [2.24, 2.45) is 5.41 Å². The second-order valence-corrected chi connectivity index (χ2v) is 5.26. The van der Waals surface area contributed by atoms with Gasteiger partial charge in [-0.2, -0.15) is 5.26 Å². The van der Waals surface area contributed by atoms with Crippen molar-refractivity contribution in [1.29, 1.82) is 5.26 Å². The molecular formula is C13H14BrNO. The van der Waals surface area contributed by atoms with Gasteiger partial charge in [0.1, 0.15) is 12.4 Å². The summed E-state index contributed by atoms with van der Waals surface area (Å²) in [6, 6.07) is 10.2. The van der Waals surface area contributed by atoms with Crippen LogP contribution in [0.5, 0.6) is 5.75 Å². The Bertz CT molecular complexity index is 387. The first-order valence-electron chi connectivity index (χ1n) is 5.54. The summed E-state index contributed by atoms with van der Waals surface area (Å²) in [5, 5.41) is 9.20. The molecule has 0 saturated heterocycles. The highest BCUT2D eigenvalue weighted by Crippen LogP contribution is 2.37. The monoisotopic (exact) mass is 279 g/mol. The fourth-order valence-corrected chi connectivity index (χ4v) is 2.36. The van der Waals surface area contributed by atoms with Gasteiger partial charge in [-0.15, -0.1) is 0 Å². The van der Waals surface area contributed by atoms with E-state index in [0.29, 0.717) is 6.61 Å². The normalized spacial score (nSPS) is 18.0. The van der Waals surface area contributed by atoms with Crippen LogP contribution in [0.1, 0.15) is 25.7 Å². The molecule has 2 nitrogen and oxygen atoms in total. The number of hydrogen-bond acceptors (Lipinski definition) is 2. The zero-order valence-electron chi connectivity index (χ0n) is 9.08. The van der Waals surface area contributed by atoms with Crippen LogP contribution in [0.15, 0.2) is 28.7 Å². The summed E-state index contributed by atoms with van der Waals surface area (Å²) < 4.78 is 6.73. The van der Waals surface area contributed by atoms with Crippen LogP contribution in [0.25, 0.3) is 0 Å². The van der Waals surface area contributed by atoms with Gasteiger partial charge in [0.05, 0.1) is 11.5 Å². The topological polar surface area (TPSA) is 33.0 Å². The van der Waals surface area contributed by atoms with E-state index in [9.17, 15) is 5.26 Å². The summed E-state index contributed by atoms with van der Waals surface area (Å²) in [6.07, 6.45) is 4.24. The Labute approximate surface area is 104 Å². The van der Waals surface area contributed by atoms with Gasteiger partial charge in [-0.25, -0.2) is 0 Å². The van der Waals surface area contributed by atoms with Crippen LogP contribution in [0, 0.1) is 16.7 Å². The van der Waals surface area contributed by atoms with Crippen LogP contribution in [0.3, 0.4) is 0 Å². The molecule has 2 rings (SSSR count). The third kappa shape index (κ3) is 2.56. The molecule has 0 N–H and O–H groups in total. The van der Waals surface area contributed by atoms with Crippen LogP contribution < -0.4 is 4.74 Å². The SMILES string of the molecule is N#CC1(COc2ccc(Br)cc2)CCCC1. The molecule has 0 radical (unpaired) electrons. The number of halogens is 1. The fraction of sp³-hybridized carbons (Fsp3) is 0.462. The molecule has 0 spiro atoms. The summed E-state index contributed by atoms with van der Waals surface area (Å²) in [5.41, 5.74) is -0.243. The fourth-order valence-electron chi connectivity index (χ4n) is 2.09. The van der Waals surface area contributed by atoms with Crippen molar-refractivity contribution in [3.8, 4) is 11.8 Å². The average Bonchev–Trinajstić information content (AvgIpc) is 2.78. The van der Waals surface area contributed by atoms with Crippen LogP contribution >= 0.6 is 15.9 Å². The van der Waals surface area contributed by atoms with Gasteiger partial charge in [0.2, 0.25) is 0 Å². The molecule has 0 amide bonds. The second-order valence-electron chi connectivity index (χ2n) is 4.34. The highest BCUT2D eigenvalue weighted by molar-refractivity contribution is 9.10. The van der Waals surface area contributed by atoms with E-state index in [-0.39, 0.29) is 5.41 Å². The first-order valence-corrected chi connectivity index (χ1v) is 6.33. The third-order valence-electron chi connectivity index (χ3n) is 3.13. The number of ether oxygens (including phenoxy) is 1. The molecule has 84 valence electrons. The minimum Gasteiger partial charge on any atom is -0.492 e. The Balaban J connectivity index is 1.96. The van der Waals surface area contributed by atoms with Gasteiger partial charge in [-0.1, -0.05) is 28.8 Å². The van der Waals surface area contributed by atoms with Crippen LogP contribution in [0.2, 0.25) is 0 Å². The lowest BCUT2D eigenvalue weighted by atomic mass is 9.89. The van der Waals surface area contributed by atoms with Crippen molar-refractivity contribution in [1.82, 2.24) is 0 Å². The van der Waals surface area contributed by atoms with Crippen molar-refractivity contribution >= 4 is 15.9 Å². The number of nitriles is 1. The molecule has 1 saturated carbocycles. The number of hydrogen-bond donors (Lipinski definition) is 0. The Kier molecular flexibility index (Phi) is 3.50. The summed E-state index contributed by atoms with van der Waals surface area (Å²) in [5.74, 6) is 0.838. The summed E-state index contributed by atoms with van der Waals surface area (Å²) in [7, 11) is 0. The average molecular weight is 280 g/mol. The Morgan fingerprint density at radius 2 is 1.88 bits per heavy atom. The lowest BCUT2D eigenvalue weighted by Gasteiger charge is -2.20. The molecule has 0 bridgehead atoms. The van der Waals surface area contributed by atoms with Gasteiger partial charge in [0.25, 0.3) is 0 Å². The maximum atomic E-state index is 9.20. The Morgan fingerprint density at radius 3 is 2.44 bits per heavy atom. The smallest absolute Gasteiger partial charge is 0.119 e. The van der Waals surface area contributed by atoms with Crippen molar-refractivity contribution < 1.29 is 4.74 Å². The number of rotatable bonds is 3. The van der Waals surface area contributed by atoms with Crippen LogP contribution in [-0.2, 0) is 0 Å². The second kappa shape index (κ2) is 4.88. The highest BCUT2D eigenvalue weighted by Gasteiger charge is 2.34. The standard InChI is InChI=1S/C13H14BrNO/c14-11-3-5-12(6-4-11)16-10-13(9-15)7-1-2-8-13/h3-6H,1-2,7-8,10H2. The minimum atomic E-state index is -0.243. The first-order chi connectivity index (χ1) is 7.74. The largest absolute Gasteiger partial charge is 0.492 e. The van der Waals surface area contributed by atoms with Crippen molar-refractivity contribution in [2.75, 3.05) is 6.61 Å². The van der Waals surface area contributed by atoms with E-state index < -0.39 is 0 Å². The first kappa shape index (κ1) is 11.5. The van der Waals surface area contributed by atoms with E-state index in [4.69, 9.17) is 4.74 Å². The van der Waals surface area contributed by atoms with Gasteiger partial charge in [0.15, 0.2) is 0 Å². The predicted octanol–water partition coefficient (Wildman–Crippen LogP) is 3.91. The van der Waals surface area contributed by atoms with Crippen molar-refractivity contribution in [3.05, 3.63) is 28.7 Å². The molecule has 0 aliphatic heterocycles. The van der Waals surface area contributed by atoms with Gasteiger partial charge < -0.3 is 4.74 Å². The van der Waals surface area contributed by atoms with Crippen molar-refractivity contribution in [2.45, 2.75) is 25.7 Å². The number of benzene rings is 1. The van der Waals surface area contributed by atoms with E-state index in [2.05, 4.69) is 22.0 Å². The van der Waals surface area contributed by atoms with Gasteiger partial charge >= 0.3 is 0 Å². The molecule has 1 aromatic carbocycles. The molecular weight excluding hydrogens is 266 g/mol. The number of nitrogens with zero attached hydrogens (tertiary/aromatic N) is 1. The molecule has 0 aromatic heterocycles. The molecule has 0 heterocycles. The van der Waals surface area contributed by atoms with Crippen LogP contribution in [-0.4, -0.2) is 6.61 Å². The maximum Gasteiger partial charge on any atom is 0.119 e. The molecule has 1 fully saturated rings. The van der Waals surface area contributed by atoms with Gasteiger partial charge in [-0.05, 0) is 37.1 Å². The van der Waals surface area contributed by atoms with E-state index in [1.165, 1.54) is 0 Å². The third-order valence-corrected chi connectivity index (χ3v) is 3.66. The van der Waals surface area contributed by atoms with E-state index in [1.54, 1.807) is 0 Å². The molecule has 3 heteroatoms. The van der Waals surface area contributed by atoms with Gasteiger partial charge in [0, 0.05) is 4.47 Å². The Hall–Kier alpha value is -1.01. The zero-order chi connectivity index (χ0) is 11.4. The summed E-state index contributed by atoms with van der Waals surface area (Å²) >= 11 is 3.38. The maximum absolute atomic E-state index is 9.20. The lowest BCUT2D eigenvalue weighted by molar-refractivity contribution is 0.201.